The van der Waals surface area contributed by atoms with E-state index in [4.69, 9.17) is 0 Å². The van der Waals surface area contributed by atoms with E-state index < -0.39 is 0 Å². The van der Waals surface area contributed by atoms with Crippen molar-refractivity contribution in [3.8, 4) is 0 Å². The molecule has 3 aliphatic rings. The Morgan fingerprint density at radius 2 is 1.69 bits per heavy atom. The Morgan fingerprint density at radius 1 is 1.00 bits per heavy atom. The van der Waals surface area contributed by atoms with Crippen LogP contribution in [-0.2, 0) is 4.79 Å². The summed E-state index contributed by atoms with van der Waals surface area (Å²) in [6.07, 6.45) is 5.69. The molecule has 1 aromatic heterocycles. The molecule has 2 amide bonds. The van der Waals surface area contributed by atoms with Crippen LogP contribution in [0, 0.1) is 11.7 Å². The van der Waals surface area contributed by atoms with Gasteiger partial charge in [0.1, 0.15) is 5.82 Å². The van der Waals surface area contributed by atoms with Crippen LogP contribution in [0.1, 0.15) is 23.2 Å². The highest BCUT2D eigenvalue weighted by Crippen LogP contribution is 2.34. The van der Waals surface area contributed by atoms with E-state index in [1.165, 1.54) is 12.1 Å². The summed E-state index contributed by atoms with van der Waals surface area (Å²) in [5.41, 5.74) is 1.98. The van der Waals surface area contributed by atoms with E-state index in [-0.39, 0.29) is 23.5 Å². The third-order valence-electron chi connectivity index (χ3n) is 6.65. The third kappa shape index (κ3) is 4.15. The van der Waals surface area contributed by atoms with Crippen molar-refractivity contribution in [3.63, 3.8) is 0 Å². The average Bonchev–Trinajstić information content (AvgIpc) is 3.68. The number of nitrogens with zero attached hydrogens (tertiary/aromatic N) is 5. The molecule has 0 atom stereocenters. The maximum absolute atomic E-state index is 14.2. The molecule has 32 heavy (non-hydrogen) atoms. The first kappa shape index (κ1) is 21.5. The number of pyridine rings is 1. The number of halogens is 1. The van der Waals surface area contributed by atoms with E-state index in [9.17, 15) is 14.0 Å². The SMILES string of the molecule is CSN1CCN(c2c(C(=O)N3CCN(C(=O)C4CC4)CC3)cnc3ccc(F)cc23)CC1. The minimum Gasteiger partial charge on any atom is -0.368 e. The largest absolute Gasteiger partial charge is 0.368 e. The summed E-state index contributed by atoms with van der Waals surface area (Å²) in [4.78, 5) is 36.3. The first-order valence-corrected chi connectivity index (χ1v) is 12.4. The van der Waals surface area contributed by atoms with E-state index >= 15 is 0 Å². The number of carbonyl (C=O) groups excluding carboxylic acids is 2. The zero-order valence-electron chi connectivity index (χ0n) is 18.3. The molecule has 0 bridgehead atoms. The Hall–Kier alpha value is -2.39. The molecule has 2 aromatic rings. The third-order valence-corrected chi connectivity index (χ3v) is 7.53. The van der Waals surface area contributed by atoms with Crippen molar-refractivity contribution in [2.24, 2.45) is 5.92 Å². The first-order valence-electron chi connectivity index (χ1n) is 11.3. The van der Waals surface area contributed by atoms with Gasteiger partial charge in [0.25, 0.3) is 5.91 Å². The lowest BCUT2D eigenvalue weighted by Crippen LogP contribution is -2.51. The van der Waals surface area contributed by atoms with E-state index in [1.54, 1.807) is 29.1 Å². The topological polar surface area (TPSA) is 60.0 Å². The van der Waals surface area contributed by atoms with E-state index in [1.807, 2.05) is 4.90 Å². The van der Waals surface area contributed by atoms with Crippen LogP contribution in [0.5, 0.6) is 0 Å². The standard InChI is InChI=1S/C23H28FN5O2S/c1-32-29-12-10-26(11-13-29)21-18-14-17(24)4-5-20(18)25-15-19(21)23(31)28-8-6-27(7-9-28)22(30)16-2-3-16/h4-5,14-16H,2-3,6-13H2,1H3. The van der Waals surface area contributed by atoms with Crippen molar-refractivity contribution in [1.82, 2.24) is 19.1 Å². The lowest BCUT2D eigenvalue weighted by Gasteiger charge is -2.38. The molecule has 2 aliphatic heterocycles. The van der Waals surface area contributed by atoms with Gasteiger partial charge in [0.15, 0.2) is 0 Å². The van der Waals surface area contributed by atoms with Crippen molar-refractivity contribution in [2.75, 3.05) is 63.5 Å². The molecule has 7 nitrogen and oxygen atoms in total. The predicted octanol–water partition coefficient (Wildman–Crippen LogP) is 2.47. The van der Waals surface area contributed by atoms with Gasteiger partial charge in [0.2, 0.25) is 5.91 Å². The molecule has 0 N–H and O–H groups in total. The van der Waals surface area contributed by atoms with E-state index in [0.717, 1.165) is 44.7 Å². The van der Waals surface area contributed by atoms with Crippen molar-refractivity contribution >= 4 is 40.4 Å². The van der Waals surface area contributed by atoms with Gasteiger partial charge in [0.05, 0.1) is 16.8 Å². The molecule has 1 aromatic carbocycles. The summed E-state index contributed by atoms with van der Waals surface area (Å²) in [5.74, 6) is 0.000249. The lowest BCUT2D eigenvalue weighted by atomic mass is 10.1. The van der Waals surface area contributed by atoms with Gasteiger partial charge in [-0.3, -0.25) is 14.6 Å². The molecule has 3 heterocycles. The van der Waals surface area contributed by atoms with Crippen molar-refractivity contribution in [2.45, 2.75) is 12.8 Å². The molecule has 9 heteroatoms. The van der Waals surface area contributed by atoms with Crippen LogP contribution in [0.2, 0.25) is 0 Å². The number of hydrogen-bond acceptors (Lipinski definition) is 6. The number of benzene rings is 1. The maximum atomic E-state index is 14.2. The molecule has 170 valence electrons. The monoisotopic (exact) mass is 457 g/mol. The zero-order valence-corrected chi connectivity index (χ0v) is 19.1. The number of amides is 2. The predicted molar refractivity (Wildman–Crippen MR) is 124 cm³/mol. The van der Waals surface area contributed by atoms with Crippen molar-refractivity contribution in [1.29, 1.82) is 0 Å². The molecular formula is C23H28FN5O2S. The van der Waals surface area contributed by atoms with Crippen LogP contribution < -0.4 is 4.90 Å². The molecule has 0 radical (unpaired) electrons. The van der Waals surface area contributed by atoms with Gasteiger partial charge in [0, 0.05) is 69.9 Å². The van der Waals surface area contributed by atoms with Gasteiger partial charge in [-0.15, -0.1) is 0 Å². The maximum Gasteiger partial charge on any atom is 0.257 e. The van der Waals surface area contributed by atoms with E-state index in [2.05, 4.69) is 20.4 Å². The van der Waals surface area contributed by atoms with Gasteiger partial charge in [-0.05, 0) is 37.3 Å². The van der Waals surface area contributed by atoms with Crippen LogP contribution in [0.15, 0.2) is 24.4 Å². The van der Waals surface area contributed by atoms with Crippen LogP contribution >= 0.6 is 11.9 Å². The number of hydrogen-bond donors (Lipinski definition) is 0. The number of aromatic nitrogens is 1. The number of anilines is 1. The Morgan fingerprint density at radius 3 is 2.34 bits per heavy atom. The fourth-order valence-electron chi connectivity index (χ4n) is 4.63. The highest BCUT2D eigenvalue weighted by Gasteiger charge is 2.36. The molecular weight excluding hydrogens is 429 g/mol. The second-order valence-corrected chi connectivity index (χ2v) is 9.55. The lowest BCUT2D eigenvalue weighted by molar-refractivity contribution is -0.134. The summed E-state index contributed by atoms with van der Waals surface area (Å²) in [7, 11) is 0. The molecule has 0 unspecified atom stereocenters. The second-order valence-electron chi connectivity index (χ2n) is 8.67. The Bertz CT molecular complexity index is 1030. The quantitative estimate of drug-likeness (QED) is 0.658. The Labute approximate surface area is 191 Å². The van der Waals surface area contributed by atoms with E-state index in [0.29, 0.717) is 42.6 Å². The summed E-state index contributed by atoms with van der Waals surface area (Å²) < 4.78 is 16.5. The number of piperazine rings is 2. The van der Waals surface area contributed by atoms with Crippen LogP contribution in [0.4, 0.5) is 10.1 Å². The minimum absolute atomic E-state index is 0.0931. The summed E-state index contributed by atoms with van der Waals surface area (Å²) in [5, 5.41) is 0.677. The molecule has 5 rings (SSSR count). The minimum atomic E-state index is -0.333. The number of rotatable bonds is 4. The Kier molecular flexibility index (Phi) is 5.94. The highest BCUT2D eigenvalue weighted by molar-refractivity contribution is 7.96. The van der Waals surface area contributed by atoms with Gasteiger partial charge in [-0.25, -0.2) is 8.70 Å². The van der Waals surface area contributed by atoms with Crippen molar-refractivity contribution in [3.05, 3.63) is 35.8 Å². The van der Waals surface area contributed by atoms with Gasteiger partial charge in [-0.2, -0.15) is 0 Å². The van der Waals surface area contributed by atoms with Gasteiger partial charge in [-0.1, -0.05) is 11.9 Å². The fourth-order valence-corrected chi connectivity index (χ4v) is 5.16. The summed E-state index contributed by atoms with van der Waals surface area (Å²) in [6.45, 7) is 5.43. The molecule has 1 saturated carbocycles. The normalized spacial score (nSPS) is 20.1. The summed E-state index contributed by atoms with van der Waals surface area (Å²) >= 11 is 1.72. The average molecular weight is 458 g/mol. The zero-order chi connectivity index (χ0) is 22.2. The summed E-state index contributed by atoms with van der Waals surface area (Å²) in [6, 6.07) is 4.56. The van der Waals surface area contributed by atoms with Gasteiger partial charge < -0.3 is 14.7 Å². The second kappa shape index (κ2) is 8.86. The Balaban J connectivity index is 1.42. The number of fused-ring (bicyclic) bond motifs is 1. The van der Waals surface area contributed by atoms with Crippen LogP contribution in [-0.4, -0.2) is 89.5 Å². The highest BCUT2D eigenvalue weighted by atomic mass is 32.2. The smallest absolute Gasteiger partial charge is 0.257 e. The fraction of sp³-hybridized carbons (Fsp3) is 0.522. The van der Waals surface area contributed by atoms with Gasteiger partial charge >= 0.3 is 0 Å². The number of carbonyl (C=O) groups is 2. The molecule has 3 fully saturated rings. The van der Waals surface area contributed by atoms with Crippen molar-refractivity contribution < 1.29 is 14.0 Å². The molecule has 0 spiro atoms. The molecule has 1 aliphatic carbocycles. The van der Waals surface area contributed by atoms with Crippen LogP contribution in [0.25, 0.3) is 10.9 Å². The first-order chi connectivity index (χ1) is 15.5. The van der Waals surface area contributed by atoms with Crippen LogP contribution in [0.3, 0.4) is 0 Å². The molecule has 2 saturated heterocycles.